The number of aromatic nitrogens is 4. The summed E-state index contributed by atoms with van der Waals surface area (Å²) in [6.45, 7) is 16.2. The lowest BCUT2D eigenvalue weighted by molar-refractivity contribution is 0.0509. The molecule has 10 nitrogen and oxygen atoms in total. The molecule has 1 aliphatic heterocycles. The maximum Gasteiger partial charge on any atom is 0.264 e. The van der Waals surface area contributed by atoms with Crippen LogP contribution in [0.25, 0.3) is 16.8 Å². The van der Waals surface area contributed by atoms with Crippen molar-refractivity contribution >= 4 is 27.5 Å². The van der Waals surface area contributed by atoms with E-state index in [1.807, 2.05) is 39.0 Å². The van der Waals surface area contributed by atoms with E-state index in [1.54, 1.807) is 35.4 Å². The van der Waals surface area contributed by atoms with Crippen LogP contribution >= 0.6 is 0 Å². The number of anilines is 1. The molecule has 2 aromatic carbocycles. The second kappa shape index (κ2) is 12.4. The standard InChI is InChI=1S/C34H38N6O4S/c1-21(2)31-35-15-14-25(36-31)19-40-26(18-34(5,6)7)20-44-29-17-28(30-22(3)10-8-11-23(30)4)37-33(38-29)39-45(42,43)27-13-9-12-24(16-27)32(40)41/h8-17,26H,1,18-20H2,2-7H3,(H,37,38,39)/t26-/m1/s1. The zero-order valence-corrected chi connectivity index (χ0v) is 27.3. The molecule has 0 radical (unpaired) electrons. The van der Waals surface area contributed by atoms with Gasteiger partial charge in [0.2, 0.25) is 11.8 Å². The molecule has 234 valence electrons. The molecule has 2 aromatic heterocycles. The zero-order valence-electron chi connectivity index (χ0n) is 26.5. The molecule has 0 fully saturated rings. The molecule has 0 unspecified atom stereocenters. The summed E-state index contributed by atoms with van der Waals surface area (Å²) in [5, 5.41) is 0. The molecule has 5 rings (SSSR count). The lowest BCUT2D eigenvalue weighted by Crippen LogP contribution is -2.45. The van der Waals surface area contributed by atoms with Gasteiger partial charge in [-0.1, -0.05) is 51.6 Å². The third kappa shape index (κ3) is 7.37. The summed E-state index contributed by atoms with van der Waals surface area (Å²) in [6.07, 6.45) is 2.22. The average molecular weight is 627 g/mol. The van der Waals surface area contributed by atoms with Crippen LogP contribution < -0.4 is 9.46 Å². The predicted octanol–water partition coefficient (Wildman–Crippen LogP) is 6.22. The number of hydrogen-bond donors (Lipinski definition) is 1. The van der Waals surface area contributed by atoms with Gasteiger partial charge in [0.15, 0.2) is 5.82 Å². The minimum absolute atomic E-state index is 0.0879. The predicted molar refractivity (Wildman–Crippen MR) is 174 cm³/mol. The van der Waals surface area contributed by atoms with E-state index in [0.29, 0.717) is 29.2 Å². The van der Waals surface area contributed by atoms with Gasteiger partial charge in [-0.3, -0.25) is 4.79 Å². The van der Waals surface area contributed by atoms with Crippen molar-refractivity contribution in [3.8, 4) is 17.1 Å². The Morgan fingerprint density at radius 1 is 1.04 bits per heavy atom. The van der Waals surface area contributed by atoms with Crippen molar-refractivity contribution in [2.45, 2.75) is 65.4 Å². The Labute approximate surface area is 264 Å². The van der Waals surface area contributed by atoms with Gasteiger partial charge in [0, 0.05) is 23.4 Å². The molecular formula is C34H38N6O4S. The first-order valence-corrected chi connectivity index (χ1v) is 16.2. The molecule has 0 saturated carbocycles. The highest BCUT2D eigenvalue weighted by atomic mass is 32.2. The van der Waals surface area contributed by atoms with E-state index in [4.69, 9.17) is 4.74 Å². The number of hydrogen-bond acceptors (Lipinski definition) is 8. The zero-order chi connectivity index (χ0) is 32.5. The average Bonchev–Trinajstić information content (AvgIpc) is 2.97. The maximum absolute atomic E-state index is 14.3. The normalized spacial score (nSPS) is 16.4. The lowest BCUT2D eigenvalue weighted by atomic mass is 9.87. The molecule has 0 saturated heterocycles. The number of sulfonamides is 1. The molecule has 0 aliphatic carbocycles. The van der Waals surface area contributed by atoms with Crippen molar-refractivity contribution in [2.75, 3.05) is 11.3 Å². The third-order valence-corrected chi connectivity index (χ3v) is 8.78. The van der Waals surface area contributed by atoms with Gasteiger partial charge < -0.3 is 9.64 Å². The quantitative estimate of drug-likeness (QED) is 0.277. The molecule has 4 aromatic rings. The van der Waals surface area contributed by atoms with Crippen molar-refractivity contribution in [1.82, 2.24) is 24.8 Å². The number of nitrogens with one attached hydrogen (secondary N) is 1. The number of ether oxygens (including phenoxy) is 1. The number of carbonyl (C=O) groups is 1. The van der Waals surface area contributed by atoms with Gasteiger partial charge in [-0.05, 0) is 73.6 Å². The molecule has 11 heteroatoms. The van der Waals surface area contributed by atoms with E-state index in [2.05, 4.69) is 52.0 Å². The fourth-order valence-corrected chi connectivity index (χ4v) is 6.40. The van der Waals surface area contributed by atoms with Crippen LogP contribution in [-0.2, 0) is 16.6 Å². The van der Waals surface area contributed by atoms with Gasteiger partial charge in [-0.2, -0.15) is 4.98 Å². The lowest BCUT2D eigenvalue weighted by Gasteiger charge is -2.35. The number of fused-ring (bicyclic) bond motifs is 4. The summed E-state index contributed by atoms with van der Waals surface area (Å²) in [6, 6.07) is 14.9. The van der Waals surface area contributed by atoms with E-state index >= 15 is 0 Å². The van der Waals surface area contributed by atoms with Crippen molar-refractivity contribution in [1.29, 1.82) is 0 Å². The Hall–Kier alpha value is -4.64. The molecule has 0 spiro atoms. The van der Waals surface area contributed by atoms with Crippen LogP contribution in [0, 0.1) is 19.3 Å². The van der Waals surface area contributed by atoms with Crippen molar-refractivity contribution in [2.24, 2.45) is 5.41 Å². The highest BCUT2D eigenvalue weighted by Crippen LogP contribution is 2.31. The Morgan fingerprint density at radius 2 is 1.76 bits per heavy atom. The number of nitrogens with zero attached hydrogens (tertiary/aromatic N) is 5. The Bertz CT molecular complexity index is 1860. The second-order valence-corrected chi connectivity index (χ2v) is 14.3. The van der Waals surface area contributed by atoms with Crippen LogP contribution in [0.3, 0.4) is 0 Å². The van der Waals surface area contributed by atoms with Crippen LogP contribution in [-0.4, -0.2) is 51.8 Å². The van der Waals surface area contributed by atoms with Crippen LogP contribution in [0.15, 0.2) is 72.3 Å². The Kier molecular flexibility index (Phi) is 8.75. The summed E-state index contributed by atoms with van der Waals surface area (Å²) in [5.74, 6) is 0.192. The first-order valence-electron chi connectivity index (χ1n) is 14.7. The van der Waals surface area contributed by atoms with Gasteiger partial charge in [0.25, 0.3) is 15.9 Å². The minimum atomic E-state index is -4.17. The van der Waals surface area contributed by atoms with E-state index in [1.165, 1.54) is 12.1 Å². The van der Waals surface area contributed by atoms with Gasteiger partial charge >= 0.3 is 0 Å². The van der Waals surface area contributed by atoms with Gasteiger partial charge in [-0.15, -0.1) is 0 Å². The molecule has 3 heterocycles. The van der Waals surface area contributed by atoms with Crippen molar-refractivity contribution in [3.63, 3.8) is 0 Å². The highest BCUT2D eigenvalue weighted by molar-refractivity contribution is 7.92. The number of carbonyl (C=O) groups excluding carboxylic acids is 1. The van der Waals surface area contributed by atoms with E-state index in [-0.39, 0.29) is 46.8 Å². The fraction of sp³-hybridized carbons (Fsp3) is 0.324. The van der Waals surface area contributed by atoms with Crippen LogP contribution in [0.2, 0.25) is 0 Å². The topological polar surface area (TPSA) is 127 Å². The van der Waals surface area contributed by atoms with Gasteiger partial charge in [0.05, 0.1) is 28.9 Å². The molecule has 1 amide bonds. The highest BCUT2D eigenvalue weighted by Gasteiger charge is 2.32. The van der Waals surface area contributed by atoms with E-state index in [9.17, 15) is 13.2 Å². The monoisotopic (exact) mass is 626 g/mol. The minimum Gasteiger partial charge on any atom is -0.475 e. The number of amides is 1. The van der Waals surface area contributed by atoms with Gasteiger partial charge in [0.1, 0.15) is 6.61 Å². The molecule has 1 atom stereocenters. The smallest absolute Gasteiger partial charge is 0.264 e. The van der Waals surface area contributed by atoms with Gasteiger partial charge in [-0.25, -0.2) is 28.1 Å². The SMILES string of the molecule is C=C(C)c1nccc(CN2C(=O)c3cccc(c3)S(=O)(=O)Nc3nc(cc(-c4c(C)cccc4C)n3)OC[C@H]2CC(C)(C)C)n1. The third-order valence-electron chi connectivity index (χ3n) is 7.46. The number of rotatable bonds is 5. The fourth-order valence-electron chi connectivity index (χ4n) is 5.41. The summed E-state index contributed by atoms with van der Waals surface area (Å²) in [4.78, 5) is 33.9. The summed E-state index contributed by atoms with van der Waals surface area (Å²) >= 11 is 0. The maximum atomic E-state index is 14.3. The largest absolute Gasteiger partial charge is 0.475 e. The molecular weight excluding hydrogens is 588 g/mol. The van der Waals surface area contributed by atoms with Crippen molar-refractivity contribution in [3.05, 3.63) is 95.6 Å². The molecule has 1 aliphatic rings. The summed E-state index contributed by atoms with van der Waals surface area (Å²) < 4.78 is 36.1. The first kappa shape index (κ1) is 31.8. The van der Waals surface area contributed by atoms with Crippen LogP contribution in [0.1, 0.15) is 67.1 Å². The van der Waals surface area contributed by atoms with Crippen molar-refractivity contribution < 1.29 is 17.9 Å². The Morgan fingerprint density at radius 3 is 2.44 bits per heavy atom. The number of benzene rings is 2. The summed E-state index contributed by atoms with van der Waals surface area (Å²) in [7, 11) is -4.17. The number of allylic oxidation sites excluding steroid dienone is 1. The second-order valence-electron chi connectivity index (χ2n) is 12.6. The number of aryl methyl sites for hydroxylation is 2. The summed E-state index contributed by atoms with van der Waals surface area (Å²) in [5.41, 5.74) is 4.67. The Balaban J connectivity index is 1.68. The van der Waals surface area contributed by atoms with E-state index in [0.717, 1.165) is 16.7 Å². The molecule has 45 heavy (non-hydrogen) atoms. The van der Waals surface area contributed by atoms with Crippen LogP contribution in [0.4, 0.5) is 5.95 Å². The molecule has 1 N–H and O–H groups in total. The van der Waals surface area contributed by atoms with E-state index < -0.39 is 16.1 Å². The van der Waals surface area contributed by atoms with Crippen LogP contribution in [0.5, 0.6) is 5.88 Å². The first-order chi connectivity index (χ1) is 21.2. The molecule has 4 bridgehead atoms.